The average Bonchev–Trinajstić information content (AvgIpc) is 3.48. The lowest BCUT2D eigenvalue weighted by Gasteiger charge is -2.45. The average molecular weight is 731 g/mol. The van der Waals surface area contributed by atoms with Gasteiger partial charge in [-0.25, -0.2) is 5.43 Å². The lowest BCUT2D eigenvalue weighted by Crippen LogP contribution is -2.69. The number of amides is 3. The first-order valence-electron chi connectivity index (χ1n) is 15.7. The first-order valence-corrected chi connectivity index (χ1v) is 16.7. The molecule has 2 aliphatic heterocycles. The van der Waals surface area contributed by atoms with Crippen LogP contribution in [-0.4, -0.2) is 112 Å². The van der Waals surface area contributed by atoms with Gasteiger partial charge in [0, 0.05) is 30.1 Å². The molecule has 3 amide bonds. The first kappa shape index (κ1) is 34.9. The third-order valence-corrected chi connectivity index (χ3v) is 9.66. The lowest BCUT2D eigenvalue weighted by atomic mass is 9.82. The maximum absolute atomic E-state index is 14.3. The van der Waals surface area contributed by atoms with Crippen molar-refractivity contribution >= 4 is 40.3 Å². The van der Waals surface area contributed by atoms with Crippen LogP contribution in [0.25, 0.3) is 0 Å². The maximum atomic E-state index is 14.3. The summed E-state index contributed by atoms with van der Waals surface area (Å²) in [5.41, 5.74) is 6.75. The largest absolute Gasteiger partial charge is 0.394 e. The molecule has 2 saturated heterocycles. The smallest absolute Gasteiger partial charge is 0.255 e. The van der Waals surface area contributed by atoms with E-state index in [2.05, 4.69) is 51.1 Å². The Bertz CT molecular complexity index is 1130. The SMILES string of the molecule is CCCCNC(=O)C(C1CCCCC1)N(CC1CN(C2OC(CO)C(O)C(O)C2NC(C)=O)NN1)C(=O)c1ccccc1I. The summed E-state index contributed by atoms with van der Waals surface area (Å²) in [5.74, 6) is -0.759. The van der Waals surface area contributed by atoms with Gasteiger partial charge in [0.15, 0.2) is 0 Å². The number of unbranched alkanes of at least 4 members (excludes halogenated alkanes) is 1. The molecule has 14 heteroatoms. The van der Waals surface area contributed by atoms with E-state index in [1.807, 2.05) is 18.2 Å². The van der Waals surface area contributed by atoms with Crippen LogP contribution in [0.1, 0.15) is 69.2 Å². The summed E-state index contributed by atoms with van der Waals surface area (Å²) in [4.78, 5) is 41.8. The van der Waals surface area contributed by atoms with Crippen LogP contribution in [-0.2, 0) is 14.3 Å². The Morgan fingerprint density at radius 3 is 2.55 bits per heavy atom. The van der Waals surface area contributed by atoms with E-state index in [4.69, 9.17) is 4.74 Å². The fourth-order valence-corrected chi connectivity index (χ4v) is 7.05. The van der Waals surface area contributed by atoms with Crippen LogP contribution in [0.3, 0.4) is 0 Å². The molecule has 0 aromatic heterocycles. The molecule has 3 fully saturated rings. The van der Waals surface area contributed by atoms with Crippen molar-refractivity contribution in [1.29, 1.82) is 0 Å². The fourth-order valence-electron chi connectivity index (χ4n) is 6.43. The number of carbonyl (C=O) groups is 3. The van der Waals surface area contributed by atoms with Gasteiger partial charge in [-0.1, -0.05) is 44.7 Å². The number of halogens is 1. The Hall–Kier alpha value is -1.92. The van der Waals surface area contributed by atoms with E-state index in [-0.39, 0.29) is 36.9 Å². The molecule has 246 valence electrons. The number of hydrazine groups is 2. The fraction of sp³-hybridized carbons (Fsp3) is 0.700. The topological polar surface area (TPSA) is 176 Å². The second kappa shape index (κ2) is 16.6. The Morgan fingerprint density at radius 2 is 1.89 bits per heavy atom. The second-order valence-electron chi connectivity index (χ2n) is 12.0. The summed E-state index contributed by atoms with van der Waals surface area (Å²) < 4.78 is 6.74. The standard InChI is InChI=1S/C30H47IN6O7/c1-3-4-14-32-28(42)25(19-10-6-5-7-11-19)36(29(43)21-12-8-9-13-22(21)31)15-20-16-37(35-34-20)30-24(33-18(2)39)27(41)26(40)23(17-38)44-30/h8-9,12-13,19-20,23-27,30,34-35,38,40-41H,3-7,10-11,14-17H2,1-2H3,(H,32,42)(H,33,39). The molecule has 0 spiro atoms. The molecule has 1 saturated carbocycles. The monoisotopic (exact) mass is 730 g/mol. The van der Waals surface area contributed by atoms with Gasteiger partial charge >= 0.3 is 0 Å². The molecular formula is C30H47IN6O7. The van der Waals surface area contributed by atoms with Crippen LogP contribution in [0.2, 0.25) is 0 Å². The number of ether oxygens (including phenoxy) is 1. The lowest BCUT2D eigenvalue weighted by molar-refractivity contribution is -0.237. The van der Waals surface area contributed by atoms with Crippen LogP contribution >= 0.6 is 22.6 Å². The first-order chi connectivity index (χ1) is 21.2. The van der Waals surface area contributed by atoms with Gasteiger partial charge in [0.05, 0.1) is 24.3 Å². The van der Waals surface area contributed by atoms with E-state index in [1.165, 1.54) is 6.92 Å². The highest BCUT2D eigenvalue weighted by Crippen LogP contribution is 2.31. The molecular weight excluding hydrogens is 683 g/mol. The molecule has 2 heterocycles. The summed E-state index contributed by atoms with van der Waals surface area (Å²) in [6, 6.07) is 5.34. The van der Waals surface area contributed by atoms with E-state index in [1.54, 1.807) is 16.0 Å². The van der Waals surface area contributed by atoms with E-state index >= 15 is 0 Å². The summed E-state index contributed by atoms with van der Waals surface area (Å²) in [6.45, 7) is 3.86. The van der Waals surface area contributed by atoms with Crippen LogP contribution in [0.4, 0.5) is 0 Å². The normalized spacial score (nSPS) is 28.8. The van der Waals surface area contributed by atoms with E-state index in [0.29, 0.717) is 12.1 Å². The van der Waals surface area contributed by atoms with Crippen molar-refractivity contribution in [3.8, 4) is 0 Å². The molecule has 13 nitrogen and oxygen atoms in total. The Morgan fingerprint density at radius 1 is 1.16 bits per heavy atom. The molecule has 7 unspecified atom stereocenters. The highest BCUT2D eigenvalue weighted by Gasteiger charge is 2.49. The van der Waals surface area contributed by atoms with Crippen molar-refractivity contribution < 1.29 is 34.4 Å². The molecule has 1 aromatic rings. The third kappa shape index (κ3) is 8.46. The number of carbonyl (C=O) groups excluding carboxylic acids is 3. The molecule has 44 heavy (non-hydrogen) atoms. The zero-order valence-corrected chi connectivity index (χ0v) is 27.6. The molecule has 0 bridgehead atoms. The van der Waals surface area contributed by atoms with Gasteiger partial charge in [0.2, 0.25) is 11.8 Å². The van der Waals surface area contributed by atoms with Gasteiger partial charge in [-0.3, -0.25) is 14.4 Å². The van der Waals surface area contributed by atoms with Gasteiger partial charge in [0.25, 0.3) is 5.91 Å². The number of nitrogens with one attached hydrogen (secondary N) is 4. The van der Waals surface area contributed by atoms with Crippen molar-refractivity contribution in [2.45, 2.75) is 101 Å². The van der Waals surface area contributed by atoms with Gasteiger partial charge in [-0.05, 0) is 59.9 Å². The summed E-state index contributed by atoms with van der Waals surface area (Å²) >= 11 is 2.15. The minimum atomic E-state index is -1.40. The van der Waals surface area contributed by atoms with Crippen LogP contribution in [0, 0.1) is 9.49 Å². The molecule has 3 aliphatic rings. The number of hydrogen-bond donors (Lipinski definition) is 7. The molecule has 1 aliphatic carbocycles. The van der Waals surface area contributed by atoms with E-state index < -0.39 is 49.1 Å². The van der Waals surface area contributed by atoms with E-state index in [9.17, 15) is 29.7 Å². The molecule has 1 aromatic carbocycles. The van der Waals surface area contributed by atoms with Gasteiger partial charge in [0.1, 0.15) is 30.6 Å². The van der Waals surface area contributed by atoms with Crippen molar-refractivity contribution in [2.24, 2.45) is 5.92 Å². The van der Waals surface area contributed by atoms with Crippen molar-refractivity contribution in [1.82, 2.24) is 31.5 Å². The van der Waals surface area contributed by atoms with Crippen molar-refractivity contribution in [2.75, 3.05) is 26.2 Å². The van der Waals surface area contributed by atoms with Crippen LogP contribution in [0.5, 0.6) is 0 Å². The minimum absolute atomic E-state index is 0.0222. The summed E-state index contributed by atoms with van der Waals surface area (Å²) in [7, 11) is 0. The summed E-state index contributed by atoms with van der Waals surface area (Å²) in [6.07, 6.45) is 1.84. The number of rotatable bonds is 12. The maximum Gasteiger partial charge on any atom is 0.255 e. The molecule has 0 radical (unpaired) electrons. The minimum Gasteiger partial charge on any atom is -0.394 e. The van der Waals surface area contributed by atoms with Crippen molar-refractivity contribution in [3.63, 3.8) is 0 Å². The number of nitrogens with zero attached hydrogens (tertiary/aromatic N) is 2. The third-order valence-electron chi connectivity index (χ3n) is 8.72. The quantitative estimate of drug-likeness (QED) is 0.117. The predicted octanol–water partition coefficient (Wildman–Crippen LogP) is 0.236. The van der Waals surface area contributed by atoms with E-state index in [0.717, 1.165) is 48.5 Å². The highest BCUT2D eigenvalue weighted by molar-refractivity contribution is 14.1. The highest BCUT2D eigenvalue weighted by atomic mass is 127. The summed E-state index contributed by atoms with van der Waals surface area (Å²) in [5, 5.41) is 38.4. The van der Waals surface area contributed by atoms with Crippen LogP contribution in [0.15, 0.2) is 24.3 Å². The Kier molecular flexibility index (Phi) is 13.2. The number of aliphatic hydroxyl groups excluding tert-OH is 3. The Balaban J connectivity index is 1.61. The number of hydrogen-bond acceptors (Lipinski definition) is 10. The zero-order valence-electron chi connectivity index (χ0n) is 25.5. The molecule has 7 atom stereocenters. The molecule has 4 rings (SSSR count). The van der Waals surface area contributed by atoms with Crippen LogP contribution < -0.4 is 21.6 Å². The van der Waals surface area contributed by atoms with Gasteiger partial charge in [-0.2, -0.15) is 10.5 Å². The number of aliphatic hydroxyl groups is 3. The number of benzene rings is 1. The van der Waals surface area contributed by atoms with Gasteiger partial charge in [-0.15, -0.1) is 0 Å². The molecule has 7 N–H and O–H groups in total. The second-order valence-corrected chi connectivity index (χ2v) is 13.1. The predicted molar refractivity (Wildman–Crippen MR) is 171 cm³/mol. The van der Waals surface area contributed by atoms with Crippen molar-refractivity contribution in [3.05, 3.63) is 33.4 Å². The zero-order chi connectivity index (χ0) is 31.8. The van der Waals surface area contributed by atoms with Gasteiger partial charge < -0.3 is 35.6 Å². The Labute approximate surface area is 272 Å².